The molecule has 0 bridgehead atoms. The number of benzene rings is 2. The lowest BCUT2D eigenvalue weighted by molar-refractivity contribution is -0.121. The van der Waals surface area contributed by atoms with E-state index < -0.39 is 19.1 Å². The second-order valence-corrected chi connectivity index (χ2v) is 5.40. The van der Waals surface area contributed by atoms with E-state index in [1.54, 1.807) is 0 Å². The standard InChI is InChI=1S/C19H21NO/c1-2-19(21)20-16-12-15-10-6-7-11-17(15)18(13-16)14-8-4-3-5-9-14/h3-11,16,18H,2,12-13H2,1H3,(H,20,21)/i1T3,2T2. The molecule has 2 nitrogen and oxygen atoms in total. The van der Waals surface area contributed by atoms with Gasteiger partial charge in [-0.25, -0.2) is 0 Å². The van der Waals surface area contributed by atoms with Gasteiger partial charge in [-0.3, -0.25) is 4.79 Å². The Labute approximate surface area is 133 Å². The van der Waals surface area contributed by atoms with Gasteiger partial charge < -0.3 is 5.32 Å². The molecule has 1 N–H and O–H groups in total. The van der Waals surface area contributed by atoms with Crippen molar-refractivity contribution in [1.29, 1.82) is 0 Å². The summed E-state index contributed by atoms with van der Waals surface area (Å²) >= 11 is 0. The highest BCUT2D eigenvalue weighted by molar-refractivity contribution is 5.76. The molecule has 3 rings (SSSR count). The van der Waals surface area contributed by atoms with Crippen molar-refractivity contribution in [2.75, 3.05) is 0 Å². The Kier molecular flexibility index (Phi) is 2.64. The molecule has 2 unspecified atom stereocenters. The van der Waals surface area contributed by atoms with Gasteiger partial charge in [-0.1, -0.05) is 61.4 Å². The lowest BCUT2D eigenvalue weighted by Gasteiger charge is -2.32. The fraction of sp³-hybridized carbons (Fsp3) is 0.316. The zero-order chi connectivity index (χ0) is 18.9. The van der Waals surface area contributed by atoms with Crippen molar-refractivity contribution < 1.29 is 11.6 Å². The maximum atomic E-state index is 12.3. The Hall–Kier alpha value is -2.09. The van der Waals surface area contributed by atoms with E-state index in [2.05, 4.69) is 11.4 Å². The first-order valence-electron chi connectivity index (χ1n) is 9.64. The number of amides is 1. The predicted octanol–water partition coefficient (Wildman–Crippen LogP) is 3.66. The summed E-state index contributed by atoms with van der Waals surface area (Å²) in [6.07, 6.45) is -1.75. The zero-order valence-electron chi connectivity index (χ0n) is 16.7. The highest BCUT2D eigenvalue weighted by Crippen LogP contribution is 2.36. The Bertz CT molecular complexity index is 788. The van der Waals surface area contributed by atoms with Gasteiger partial charge in [0.1, 0.15) is 0 Å². The van der Waals surface area contributed by atoms with Crippen LogP contribution >= 0.6 is 0 Å². The number of hydrogen-bond acceptors (Lipinski definition) is 1. The van der Waals surface area contributed by atoms with E-state index in [0.29, 0.717) is 12.8 Å². The highest BCUT2D eigenvalue weighted by Gasteiger charge is 2.28. The van der Waals surface area contributed by atoms with Gasteiger partial charge in [0, 0.05) is 25.2 Å². The molecule has 0 fully saturated rings. The van der Waals surface area contributed by atoms with E-state index in [0.717, 1.165) is 11.1 Å². The van der Waals surface area contributed by atoms with Crippen LogP contribution in [0.15, 0.2) is 54.6 Å². The normalized spacial score (nSPS) is 25.4. The molecule has 2 atom stereocenters. The third-order valence-corrected chi connectivity index (χ3v) is 4.07. The van der Waals surface area contributed by atoms with Crippen LogP contribution < -0.4 is 5.32 Å². The highest BCUT2D eigenvalue weighted by atomic mass is 16.1. The molecule has 108 valence electrons. The molecule has 1 amide bonds. The van der Waals surface area contributed by atoms with Gasteiger partial charge in [-0.05, 0) is 29.5 Å². The molecular formula is C19H21NO. The van der Waals surface area contributed by atoms with Crippen molar-refractivity contribution in [3.05, 3.63) is 71.3 Å². The van der Waals surface area contributed by atoms with Crippen LogP contribution in [-0.2, 0) is 11.2 Å². The smallest absolute Gasteiger partial charge is 0.219 e. The van der Waals surface area contributed by atoms with Crippen molar-refractivity contribution in [1.82, 2.24) is 5.32 Å². The van der Waals surface area contributed by atoms with Crippen LogP contribution in [0.5, 0.6) is 0 Å². The summed E-state index contributed by atoms with van der Waals surface area (Å²) in [7, 11) is 0. The number of hydrogen-bond donors (Lipinski definition) is 1. The molecule has 2 aromatic rings. The SMILES string of the molecule is [3H]C([3H])([3H])C([3H])([3H])C(=O)NC1Cc2ccccc2C(c2ccccc2)C1. The number of rotatable bonds is 3. The molecule has 1 aliphatic carbocycles. The second kappa shape index (κ2) is 6.13. The van der Waals surface area contributed by atoms with Gasteiger partial charge in [-0.15, -0.1) is 0 Å². The van der Waals surface area contributed by atoms with E-state index in [9.17, 15) is 4.79 Å². The van der Waals surface area contributed by atoms with Crippen LogP contribution in [0.2, 0.25) is 0 Å². The third-order valence-electron chi connectivity index (χ3n) is 4.07. The van der Waals surface area contributed by atoms with Crippen LogP contribution in [0.1, 0.15) is 49.1 Å². The van der Waals surface area contributed by atoms with E-state index in [-0.39, 0.29) is 12.0 Å². The van der Waals surface area contributed by atoms with Crippen molar-refractivity contribution in [2.24, 2.45) is 0 Å². The third kappa shape index (κ3) is 2.99. The minimum atomic E-state index is -3.00. The average Bonchev–Trinajstić information content (AvgIpc) is 2.60. The fourth-order valence-electron chi connectivity index (χ4n) is 3.15. The van der Waals surface area contributed by atoms with Crippen LogP contribution in [0.4, 0.5) is 0 Å². The minimum Gasteiger partial charge on any atom is -0.353 e. The number of fused-ring (bicyclic) bond motifs is 1. The molecule has 0 spiro atoms. The molecule has 1 aliphatic rings. The van der Waals surface area contributed by atoms with Crippen molar-refractivity contribution in [3.8, 4) is 0 Å². The van der Waals surface area contributed by atoms with Gasteiger partial charge in [0.05, 0.1) is 0 Å². The Morgan fingerprint density at radius 1 is 1.24 bits per heavy atom. The molecule has 21 heavy (non-hydrogen) atoms. The Balaban J connectivity index is 1.87. The monoisotopic (exact) mass is 289 g/mol. The largest absolute Gasteiger partial charge is 0.353 e. The molecule has 0 aliphatic heterocycles. The number of nitrogens with one attached hydrogen (secondary N) is 1. The molecule has 0 saturated heterocycles. The predicted molar refractivity (Wildman–Crippen MR) is 85.3 cm³/mol. The lowest BCUT2D eigenvalue weighted by atomic mass is 9.76. The van der Waals surface area contributed by atoms with Crippen LogP contribution in [0, 0.1) is 0 Å². The lowest BCUT2D eigenvalue weighted by Crippen LogP contribution is -2.39. The van der Waals surface area contributed by atoms with E-state index >= 15 is 0 Å². The van der Waals surface area contributed by atoms with Crippen molar-refractivity contribution in [3.63, 3.8) is 0 Å². The summed E-state index contributed by atoms with van der Waals surface area (Å²) in [6, 6.07) is 17.6. The molecule has 2 heteroatoms. The minimum absolute atomic E-state index is 0.0741. The molecule has 0 radical (unpaired) electrons. The van der Waals surface area contributed by atoms with Gasteiger partial charge >= 0.3 is 0 Å². The summed E-state index contributed by atoms with van der Waals surface area (Å²) < 4.78 is 37.1. The second-order valence-electron chi connectivity index (χ2n) is 5.40. The quantitative estimate of drug-likeness (QED) is 0.918. The van der Waals surface area contributed by atoms with Gasteiger partial charge in [-0.2, -0.15) is 0 Å². The van der Waals surface area contributed by atoms with Gasteiger partial charge in [0.2, 0.25) is 5.91 Å². The van der Waals surface area contributed by atoms with Crippen molar-refractivity contribution >= 4 is 5.91 Å². The van der Waals surface area contributed by atoms with Crippen LogP contribution in [-0.4, -0.2) is 11.9 Å². The molecule has 0 aromatic heterocycles. The summed E-state index contributed by atoms with van der Waals surface area (Å²) in [4.78, 5) is 12.3. The van der Waals surface area contributed by atoms with Gasteiger partial charge in [0.15, 0.2) is 0 Å². The first-order valence-corrected chi connectivity index (χ1v) is 7.14. The van der Waals surface area contributed by atoms with E-state index in [4.69, 9.17) is 6.85 Å². The summed E-state index contributed by atoms with van der Waals surface area (Å²) in [6.45, 7) is -3.00. The topological polar surface area (TPSA) is 29.1 Å². The maximum absolute atomic E-state index is 12.3. The molecule has 0 saturated carbocycles. The Morgan fingerprint density at radius 3 is 2.81 bits per heavy atom. The molecule has 2 aromatic carbocycles. The van der Waals surface area contributed by atoms with E-state index in [1.165, 1.54) is 5.56 Å². The summed E-state index contributed by atoms with van der Waals surface area (Å²) in [5.74, 6) is -1.00. The average molecular weight is 289 g/mol. The fourth-order valence-corrected chi connectivity index (χ4v) is 3.15. The zero-order valence-corrected chi connectivity index (χ0v) is 11.7. The molecular weight excluding hydrogens is 258 g/mol. The number of carbonyl (C=O) groups excluding carboxylic acids is 1. The Morgan fingerprint density at radius 2 is 2.00 bits per heavy atom. The van der Waals surface area contributed by atoms with Crippen LogP contribution in [0.25, 0.3) is 0 Å². The van der Waals surface area contributed by atoms with Crippen LogP contribution in [0.3, 0.4) is 0 Å². The first-order chi connectivity index (χ1) is 12.2. The van der Waals surface area contributed by atoms with E-state index in [1.807, 2.05) is 48.5 Å². The molecule has 0 heterocycles. The first kappa shape index (κ1) is 9.04. The van der Waals surface area contributed by atoms with Gasteiger partial charge in [0.25, 0.3) is 0 Å². The summed E-state index contributed by atoms with van der Waals surface area (Å²) in [5, 5.41) is 2.63. The maximum Gasteiger partial charge on any atom is 0.219 e. The summed E-state index contributed by atoms with van der Waals surface area (Å²) in [5.41, 5.74) is 3.41. The van der Waals surface area contributed by atoms with Crippen molar-refractivity contribution in [2.45, 2.75) is 38.0 Å². The number of carbonyl (C=O) groups is 1.